The fourth-order valence-corrected chi connectivity index (χ4v) is 0.231. The molecule has 0 aromatic heterocycles. The van der Waals surface area contributed by atoms with Gasteiger partial charge in [0.05, 0.1) is 0 Å². The zero-order valence-corrected chi connectivity index (χ0v) is 6.67. The van der Waals surface area contributed by atoms with Crippen LogP contribution in [0.5, 0.6) is 0 Å². The lowest BCUT2D eigenvalue weighted by Gasteiger charge is -2.18. The van der Waals surface area contributed by atoms with Crippen molar-refractivity contribution in [2.75, 3.05) is 13.7 Å². The van der Waals surface area contributed by atoms with Crippen molar-refractivity contribution >= 4 is 18.4 Å². The molecule has 0 aromatic rings. The van der Waals surface area contributed by atoms with Crippen LogP contribution in [0.3, 0.4) is 0 Å². The largest absolute Gasteiger partial charge is 0.480 e. The predicted octanol–water partition coefficient (Wildman–Crippen LogP) is 0.440. The Morgan fingerprint density at radius 1 is 1.80 bits per heavy atom. The summed E-state index contributed by atoms with van der Waals surface area (Å²) >= 11 is 0. The first-order valence-corrected chi connectivity index (χ1v) is 2.55. The molecule has 0 radical (unpaired) electrons. The molecule has 0 spiro atoms. The Labute approximate surface area is 65.0 Å². The van der Waals surface area contributed by atoms with Gasteiger partial charge in [0.2, 0.25) is 0 Å². The van der Waals surface area contributed by atoms with Gasteiger partial charge in [-0.2, -0.15) is 0 Å². The fourth-order valence-electron chi connectivity index (χ4n) is 0.231. The van der Waals surface area contributed by atoms with E-state index in [0.29, 0.717) is 0 Å². The van der Waals surface area contributed by atoms with Crippen LogP contribution in [0.15, 0.2) is 0 Å². The van der Waals surface area contributed by atoms with E-state index >= 15 is 0 Å². The van der Waals surface area contributed by atoms with Gasteiger partial charge in [-0.25, -0.2) is 4.39 Å². The first kappa shape index (κ1) is 12.3. The highest BCUT2D eigenvalue weighted by atomic mass is 35.5. The Morgan fingerprint density at radius 3 is 2.20 bits per heavy atom. The third kappa shape index (κ3) is 2.49. The van der Waals surface area contributed by atoms with Crippen LogP contribution in [0.1, 0.15) is 6.92 Å². The molecule has 10 heavy (non-hydrogen) atoms. The number of aliphatic carboxylic acids is 1. The van der Waals surface area contributed by atoms with Crippen LogP contribution in [0.25, 0.3) is 0 Å². The molecule has 0 bridgehead atoms. The van der Waals surface area contributed by atoms with E-state index in [9.17, 15) is 9.18 Å². The number of carboxylic acids is 1. The number of halogens is 2. The summed E-state index contributed by atoms with van der Waals surface area (Å²) in [6.07, 6.45) is 0. The molecule has 0 fully saturated rings. The first-order valence-electron chi connectivity index (χ1n) is 2.55. The minimum atomic E-state index is -1.42. The van der Waals surface area contributed by atoms with Crippen LogP contribution in [0, 0.1) is 0 Å². The highest BCUT2D eigenvalue weighted by Gasteiger charge is 2.30. The number of carboxylic acid groups (broad SMARTS) is 1. The molecule has 0 amide bonds. The zero-order chi connectivity index (χ0) is 7.49. The van der Waals surface area contributed by atoms with Crippen molar-refractivity contribution in [3.63, 3.8) is 0 Å². The molecule has 0 rings (SSSR count). The lowest BCUT2D eigenvalue weighted by atomic mass is 10.1. The van der Waals surface area contributed by atoms with E-state index in [1.807, 2.05) is 0 Å². The van der Waals surface area contributed by atoms with Crippen LogP contribution >= 0.6 is 12.4 Å². The van der Waals surface area contributed by atoms with Gasteiger partial charge in [-0.1, -0.05) is 0 Å². The monoisotopic (exact) mass is 170 g/mol. The lowest BCUT2D eigenvalue weighted by molar-refractivity contribution is -0.144. The van der Waals surface area contributed by atoms with E-state index in [4.69, 9.17) is 5.11 Å². The Morgan fingerprint density at radius 2 is 2.20 bits per heavy atom. The maximum atomic E-state index is 11.8. The SMILES string of the molecule is CN[C@](C)(C[18F])C(=O)O.Cl. The summed E-state index contributed by atoms with van der Waals surface area (Å²) in [5, 5.41) is 10.7. The predicted molar refractivity (Wildman–Crippen MR) is 38.3 cm³/mol. The third-order valence-corrected chi connectivity index (χ3v) is 1.29. The minimum Gasteiger partial charge on any atom is -0.480 e. The summed E-state index contributed by atoms with van der Waals surface area (Å²) in [4.78, 5) is 10.2. The Hall–Kier alpha value is -0.350. The molecule has 0 saturated carbocycles. The van der Waals surface area contributed by atoms with Gasteiger partial charge in [0.15, 0.2) is 0 Å². The van der Waals surface area contributed by atoms with Crippen molar-refractivity contribution in [2.24, 2.45) is 0 Å². The van der Waals surface area contributed by atoms with Crippen LogP contribution in [-0.4, -0.2) is 30.3 Å². The average Bonchev–Trinajstić information content (AvgIpc) is 1.86. The number of hydrogen-bond acceptors (Lipinski definition) is 2. The van der Waals surface area contributed by atoms with Crippen LogP contribution in [0.2, 0.25) is 0 Å². The summed E-state index contributed by atoms with van der Waals surface area (Å²) in [5.41, 5.74) is -1.42. The number of nitrogens with one attached hydrogen (secondary N) is 1. The molecule has 0 heterocycles. The second kappa shape index (κ2) is 4.46. The van der Waals surface area contributed by atoms with Gasteiger partial charge >= 0.3 is 5.97 Å². The van der Waals surface area contributed by atoms with E-state index < -0.39 is 18.2 Å². The molecule has 2 N–H and O–H groups in total. The van der Waals surface area contributed by atoms with Crippen LogP contribution < -0.4 is 5.32 Å². The molecule has 0 saturated heterocycles. The van der Waals surface area contributed by atoms with Crippen molar-refractivity contribution in [1.29, 1.82) is 0 Å². The number of alkyl halides is 1. The summed E-state index contributed by atoms with van der Waals surface area (Å²) in [6.45, 7) is 0.383. The highest BCUT2D eigenvalue weighted by Crippen LogP contribution is 2.02. The lowest BCUT2D eigenvalue weighted by Crippen LogP contribution is -2.49. The smallest absolute Gasteiger partial charge is 0.326 e. The summed E-state index contributed by atoms with van der Waals surface area (Å²) in [5.74, 6) is -1.17. The van der Waals surface area contributed by atoms with E-state index in [0.717, 1.165) is 0 Å². The second-order valence-electron chi connectivity index (χ2n) is 2.02. The Bertz CT molecular complexity index is 116. The van der Waals surface area contributed by atoms with Crippen molar-refractivity contribution in [3.8, 4) is 0 Å². The van der Waals surface area contributed by atoms with Crippen molar-refractivity contribution in [1.82, 2.24) is 5.32 Å². The van der Waals surface area contributed by atoms with Crippen LogP contribution in [0.4, 0.5) is 4.39 Å². The van der Waals surface area contributed by atoms with Crippen molar-refractivity contribution in [2.45, 2.75) is 12.5 Å². The Kier molecular flexibility index (Phi) is 5.51. The molecule has 3 nitrogen and oxygen atoms in total. The summed E-state index contributed by atoms with van der Waals surface area (Å²) in [7, 11) is 1.41. The standard InChI is InChI=1S/C5H10FNO2.ClH/c1-5(3-6,7-2)4(8)9;/h7H,3H2,1-2H3,(H,8,9);1H/t5-;/m1./s1/i6-1;. The molecule has 5 heteroatoms. The highest BCUT2D eigenvalue weighted by molar-refractivity contribution is 5.85. The second-order valence-corrected chi connectivity index (χ2v) is 2.02. The van der Waals surface area contributed by atoms with Gasteiger partial charge in [0.25, 0.3) is 0 Å². The van der Waals surface area contributed by atoms with E-state index in [1.165, 1.54) is 14.0 Å². The minimum absolute atomic E-state index is 0. The molecular weight excluding hydrogens is 160 g/mol. The van der Waals surface area contributed by atoms with Gasteiger partial charge in [-0.15, -0.1) is 12.4 Å². The van der Waals surface area contributed by atoms with Gasteiger partial charge in [-0.05, 0) is 14.0 Å². The number of hydrogen-bond donors (Lipinski definition) is 2. The van der Waals surface area contributed by atoms with Gasteiger partial charge in [0, 0.05) is 0 Å². The third-order valence-electron chi connectivity index (χ3n) is 1.29. The molecule has 1 atom stereocenters. The summed E-state index contributed by atoms with van der Waals surface area (Å²) in [6, 6.07) is 0. The average molecular weight is 171 g/mol. The fraction of sp³-hybridized carbons (Fsp3) is 0.800. The van der Waals surface area contributed by atoms with Crippen LogP contribution in [-0.2, 0) is 4.79 Å². The summed E-state index contributed by atoms with van der Waals surface area (Å²) < 4.78 is 11.8. The van der Waals surface area contributed by atoms with Gasteiger partial charge < -0.3 is 10.4 Å². The topological polar surface area (TPSA) is 49.3 Å². The normalized spacial score (nSPS) is 15.1. The quantitative estimate of drug-likeness (QED) is 0.646. The zero-order valence-electron chi connectivity index (χ0n) is 5.85. The van der Waals surface area contributed by atoms with E-state index in [2.05, 4.69) is 5.32 Å². The van der Waals surface area contributed by atoms with Crippen molar-refractivity contribution < 1.29 is 14.3 Å². The molecule has 0 aliphatic rings. The molecule has 0 aromatic carbocycles. The molecule has 0 unspecified atom stereocenters. The molecule has 62 valence electrons. The molecule has 0 aliphatic heterocycles. The van der Waals surface area contributed by atoms with Crippen molar-refractivity contribution in [3.05, 3.63) is 0 Å². The molecular formula is C5H11ClFNO2. The maximum Gasteiger partial charge on any atom is 0.326 e. The number of rotatable bonds is 3. The first-order chi connectivity index (χ1) is 4.06. The van der Waals surface area contributed by atoms with E-state index in [-0.39, 0.29) is 12.4 Å². The Balaban J connectivity index is 0. The number of carbonyl (C=O) groups is 1. The van der Waals surface area contributed by atoms with E-state index in [1.54, 1.807) is 0 Å². The van der Waals surface area contributed by atoms with Gasteiger partial charge in [0.1, 0.15) is 12.2 Å². The molecule has 0 aliphatic carbocycles. The number of likely N-dealkylation sites (N-methyl/N-ethyl adjacent to an activating group) is 1. The van der Waals surface area contributed by atoms with Gasteiger partial charge in [-0.3, -0.25) is 4.79 Å². The maximum absolute atomic E-state index is 11.8.